The lowest BCUT2D eigenvalue weighted by molar-refractivity contribution is 0.424. The van der Waals surface area contributed by atoms with E-state index in [1.807, 2.05) is 6.20 Å². The molecule has 1 saturated heterocycles. The molecule has 5 heteroatoms. The van der Waals surface area contributed by atoms with E-state index < -0.39 is 0 Å². The van der Waals surface area contributed by atoms with Gasteiger partial charge in [0.05, 0.1) is 6.20 Å². The third-order valence-corrected chi connectivity index (χ3v) is 6.02. The van der Waals surface area contributed by atoms with Crippen molar-refractivity contribution in [2.24, 2.45) is 0 Å². The summed E-state index contributed by atoms with van der Waals surface area (Å²) in [5, 5.41) is 11.1. The first-order valence-electron chi connectivity index (χ1n) is 6.34. The number of aromatic nitrogens is 2. The number of H-pyrrole nitrogens is 1. The van der Waals surface area contributed by atoms with Gasteiger partial charge in [0.25, 0.3) is 0 Å². The molecule has 17 heavy (non-hydrogen) atoms. The van der Waals surface area contributed by atoms with E-state index >= 15 is 0 Å². The molecule has 0 amide bonds. The molecule has 1 aliphatic heterocycles. The van der Waals surface area contributed by atoms with Crippen molar-refractivity contribution in [1.29, 1.82) is 0 Å². The molecule has 3 rings (SSSR count). The van der Waals surface area contributed by atoms with Crippen molar-refractivity contribution in [1.82, 2.24) is 15.5 Å². The van der Waals surface area contributed by atoms with Crippen LogP contribution >= 0.6 is 23.5 Å². The first-order valence-corrected chi connectivity index (χ1v) is 8.65. The molecule has 0 saturated carbocycles. The van der Waals surface area contributed by atoms with E-state index in [-0.39, 0.29) is 0 Å². The summed E-state index contributed by atoms with van der Waals surface area (Å²) in [6, 6.07) is 1.34. The van der Waals surface area contributed by atoms with Gasteiger partial charge in [-0.15, -0.1) is 0 Å². The van der Waals surface area contributed by atoms with Crippen LogP contribution < -0.4 is 5.32 Å². The standard InChI is InChI=1S/C12H19N3S2/c1-2-10(5-12-9(1)6-13-15-12)14-11-7-16-3-4-17-8-11/h6,10-11,14H,1-5,7-8H2,(H,13,15)/t10-/m1/s1. The maximum absolute atomic E-state index is 4.14. The van der Waals surface area contributed by atoms with Gasteiger partial charge in [-0.2, -0.15) is 28.6 Å². The fourth-order valence-electron chi connectivity index (χ4n) is 2.60. The average molecular weight is 269 g/mol. The summed E-state index contributed by atoms with van der Waals surface area (Å²) >= 11 is 4.19. The number of thioether (sulfide) groups is 2. The van der Waals surface area contributed by atoms with Crippen LogP contribution in [0.3, 0.4) is 0 Å². The predicted octanol–water partition coefficient (Wildman–Crippen LogP) is 1.71. The van der Waals surface area contributed by atoms with Gasteiger partial charge in [-0.3, -0.25) is 5.10 Å². The molecule has 0 unspecified atom stereocenters. The summed E-state index contributed by atoms with van der Waals surface area (Å²) in [4.78, 5) is 0. The van der Waals surface area contributed by atoms with Gasteiger partial charge in [-0.05, 0) is 18.4 Å². The van der Waals surface area contributed by atoms with Crippen molar-refractivity contribution in [2.75, 3.05) is 23.0 Å². The molecular weight excluding hydrogens is 250 g/mol. The first kappa shape index (κ1) is 11.9. The minimum Gasteiger partial charge on any atom is -0.309 e. The fraction of sp³-hybridized carbons (Fsp3) is 0.750. The molecule has 1 fully saturated rings. The number of fused-ring (bicyclic) bond motifs is 1. The lowest BCUT2D eigenvalue weighted by Crippen LogP contribution is -2.44. The van der Waals surface area contributed by atoms with E-state index in [0.29, 0.717) is 12.1 Å². The highest BCUT2D eigenvalue weighted by molar-refractivity contribution is 8.03. The molecule has 94 valence electrons. The average Bonchev–Trinajstić information content (AvgIpc) is 2.65. The summed E-state index contributed by atoms with van der Waals surface area (Å²) in [5.41, 5.74) is 2.77. The third kappa shape index (κ3) is 3.01. The van der Waals surface area contributed by atoms with Gasteiger partial charge < -0.3 is 5.32 Å². The lowest BCUT2D eigenvalue weighted by Gasteiger charge is -2.27. The molecule has 2 heterocycles. The number of hydrogen-bond donors (Lipinski definition) is 2. The molecule has 1 atom stereocenters. The Morgan fingerprint density at radius 3 is 2.88 bits per heavy atom. The van der Waals surface area contributed by atoms with Gasteiger partial charge >= 0.3 is 0 Å². The van der Waals surface area contributed by atoms with Gasteiger partial charge in [0.15, 0.2) is 0 Å². The summed E-state index contributed by atoms with van der Waals surface area (Å²) in [5.74, 6) is 5.19. The fourth-order valence-corrected chi connectivity index (χ4v) is 5.02. The number of rotatable bonds is 2. The summed E-state index contributed by atoms with van der Waals surface area (Å²) in [6.07, 6.45) is 5.55. The largest absolute Gasteiger partial charge is 0.309 e. The van der Waals surface area contributed by atoms with E-state index in [2.05, 4.69) is 39.0 Å². The van der Waals surface area contributed by atoms with Crippen LogP contribution in [0.2, 0.25) is 0 Å². The van der Waals surface area contributed by atoms with Crippen LogP contribution in [0.5, 0.6) is 0 Å². The second-order valence-corrected chi connectivity index (χ2v) is 7.13. The van der Waals surface area contributed by atoms with Gasteiger partial charge in [0, 0.05) is 47.2 Å². The maximum Gasteiger partial charge on any atom is 0.0522 e. The van der Waals surface area contributed by atoms with E-state index in [1.165, 1.54) is 47.1 Å². The predicted molar refractivity (Wildman–Crippen MR) is 76.0 cm³/mol. The van der Waals surface area contributed by atoms with E-state index in [9.17, 15) is 0 Å². The molecule has 2 N–H and O–H groups in total. The van der Waals surface area contributed by atoms with Gasteiger partial charge in [0.1, 0.15) is 0 Å². The molecular formula is C12H19N3S2. The zero-order chi connectivity index (χ0) is 11.5. The smallest absolute Gasteiger partial charge is 0.0522 e. The molecule has 0 bridgehead atoms. The Morgan fingerprint density at radius 2 is 2.06 bits per heavy atom. The summed E-state index contributed by atoms with van der Waals surface area (Å²) in [6.45, 7) is 0. The highest BCUT2D eigenvalue weighted by atomic mass is 32.2. The Kier molecular flexibility index (Phi) is 3.98. The van der Waals surface area contributed by atoms with Crippen LogP contribution in [0, 0.1) is 0 Å². The van der Waals surface area contributed by atoms with Crippen LogP contribution in [-0.2, 0) is 12.8 Å². The summed E-state index contributed by atoms with van der Waals surface area (Å²) < 4.78 is 0. The normalized spacial score (nSPS) is 26.5. The minimum absolute atomic E-state index is 0.646. The number of nitrogens with zero attached hydrogens (tertiary/aromatic N) is 1. The number of aromatic amines is 1. The maximum atomic E-state index is 4.14. The zero-order valence-corrected chi connectivity index (χ0v) is 11.6. The lowest BCUT2D eigenvalue weighted by atomic mass is 9.93. The van der Waals surface area contributed by atoms with Gasteiger partial charge in [-0.25, -0.2) is 0 Å². The van der Waals surface area contributed by atoms with Crippen molar-refractivity contribution in [2.45, 2.75) is 31.3 Å². The van der Waals surface area contributed by atoms with Crippen molar-refractivity contribution >= 4 is 23.5 Å². The van der Waals surface area contributed by atoms with Crippen LogP contribution in [0.25, 0.3) is 0 Å². The number of hydrogen-bond acceptors (Lipinski definition) is 4. The molecule has 1 aliphatic carbocycles. The monoisotopic (exact) mass is 269 g/mol. The SMILES string of the molecule is c1n[nH]c2c1CC[C@@H](NC1CSCCSC1)C2. The van der Waals surface area contributed by atoms with Gasteiger partial charge in [0.2, 0.25) is 0 Å². The van der Waals surface area contributed by atoms with Crippen LogP contribution in [0.1, 0.15) is 17.7 Å². The topological polar surface area (TPSA) is 40.7 Å². The highest BCUT2D eigenvalue weighted by Crippen LogP contribution is 2.21. The molecule has 2 aliphatic rings. The van der Waals surface area contributed by atoms with Crippen molar-refractivity contribution in [3.8, 4) is 0 Å². The van der Waals surface area contributed by atoms with Gasteiger partial charge in [-0.1, -0.05) is 0 Å². The first-order chi connectivity index (χ1) is 8.42. The zero-order valence-electron chi connectivity index (χ0n) is 9.95. The Bertz CT molecular complexity index is 358. The second-order valence-electron chi connectivity index (χ2n) is 4.83. The van der Waals surface area contributed by atoms with E-state index in [0.717, 1.165) is 6.42 Å². The van der Waals surface area contributed by atoms with Crippen molar-refractivity contribution in [3.63, 3.8) is 0 Å². The third-order valence-electron chi connectivity index (χ3n) is 3.50. The molecule has 0 spiro atoms. The molecule has 1 aromatic rings. The Hall–Kier alpha value is -0.130. The Morgan fingerprint density at radius 1 is 1.24 bits per heavy atom. The van der Waals surface area contributed by atoms with Crippen LogP contribution in [0.4, 0.5) is 0 Å². The highest BCUT2D eigenvalue weighted by Gasteiger charge is 2.23. The van der Waals surface area contributed by atoms with E-state index in [4.69, 9.17) is 0 Å². The van der Waals surface area contributed by atoms with Crippen LogP contribution in [-0.4, -0.2) is 45.3 Å². The molecule has 1 aromatic heterocycles. The van der Waals surface area contributed by atoms with Crippen molar-refractivity contribution < 1.29 is 0 Å². The number of aryl methyl sites for hydroxylation is 1. The van der Waals surface area contributed by atoms with Crippen molar-refractivity contribution in [3.05, 3.63) is 17.5 Å². The Labute approximate surface area is 111 Å². The second kappa shape index (κ2) is 5.67. The summed E-state index contributed by atoms with van der Waals surface area (Å²) in [7, 11) is 0. The Balaban J connectivity index is 1.56. The van der Waals surface area contributed by atoms with E-state index in [1.54, 1.807) is 0 Å². The molecule has 0 radical (unpaired) electrons. The molecule has 3 nitrogen and oxygen atoms in total. The molecule has 0 aromatic carbocycles. The number of nitrogens with one attached hydrogen (secondary N) is 2. The van der Waals surface area contributed by atoms with Crippen LogP contribution in [0.15, 0.2) is 6.20 Å². The quantitative estimate of drug-likeness (QED) is 0.857. The minimum atomic E-state index is 0.646.